The van der Waals surface area contributed by atoms with Crippen molar-refractivity contribution in [1.29, 1.82) is 0 Å². The van der Waals surface area contributed by atoms with Crippen molar-refractivity contribution in [3.63, 3.8) is 0 Å². The molecule has 2 fully saturated rings. The van der Waals surface area contributed by atoms with Gasteiger partial charge in [0, 0.05) is 17.8 Å². The average Bonchev–Trinajstić information content (AvgIpc) is 2.38. The van der Waals surface area contributed by atoms with Gasteiger partial charge in [0.25, 0.3) is 0 Å². The summed E-state index contributed by atoms with van der Waals surface area (Å²) in [6, 6.07) is 7.75. The van der Waals surface area contributed by atoms with Gasteiger partial charge in [-0.3, -0.25) is 0 Å². The molecule has 1 heterocycles. The summed E-state index contributed by atoms with van der Waals surface area (Å²) in [7, 11) is 0. The van der Waals surface area contributed by atoms with Crippen molar-refractivity contribution in [2.45, 2.75) is 49.3 Å². The summed E-state index contributed by atoms with van der Waals surface area (Å²) >= 11 is 2.13. The highest BCUT2D eigenvalue weighted by molar-refractivity contribution is 7.99. The van der Waals surface area contributed by atoms with Crippen LogP contribution in [0.3, 0.4) is 0 Å². The molecule has 0 amide bonds. The lowest BCUT2D eigenvalue weighted by molar-refractivity contribution is 0.290. The maximum atomic E-state index is 13.2. The Labute approximate surface area is 119 Å². The largest absolute Gasteiger partial charge is 0.313 e. The van der Waals surface area contributed by atoms with E-state index in [1.54, 1.807) is 6.07 Å². The van der Waals surface area contributed by atoms with E-state index < -0.39 is 0 Å². The number of benzene rings is 1. The van der Waals surface area contributed by atoms with E-state index in [-0.39, 0.29) is 5.82 Å². The molecule has 1 nitrogen and oxygen atoms in total. The fourth-order valence-corrected chi connectivity index (χ4v) is 4.34. The molecule has 0 spiro atoms. The highest BCUT2D eigenvalue weighted by Crippen LogP contribution is 2.37. The minimum Gasteiger partial charge on any atom is -0.313 e. The standard InChI is InChI=1S/C16H22FNS/c17-14-5-3-4-12(8-14)13-9-15(10-13)18-11-16-6-1-2-7-19-16/h3-5,8,13,15-16,18H,1-2,6-7,9-11H2. The second-order valence-electron chi connectivity index (χ2n) is 5.82. The summed E-state index contributed by atoms with van der Waals surface area (Å²) in [5.74, 6) is 1.79. The quantitative estimate of drug-likeness (QED) is 0.895. The van der Waals surface area contributed by atoms with Crippen LogP contribution in [-0.4, -0.2) is 23.6 Å². The number of hydrogen-bond donors (Lipinski definition) is 1. The zero-order valence-electron chi connectivity index (χ0n) is 11.3. The molecule has 1 aliphatic heterocycles. The third-order valence-electron chi connectivity index (χ3n) is 4.37. The van der Waals surface area contributed by atoms with E-state index in [0.717, 1.165) is 11.8 Å². The Balaban J connectivity index is 1.40. The van der Waals surface area contributed by atoms with E-state index in [1.807, 2.05) is 6.07 Å². The zero-order valence-corrected chi connectivity index (χ0v) is 12.1. The van der Waals surface area contributed by atoms with Crippen molar-refractivity contribution in [2.24, 2.45) is 0 Å². The molecule has 0 radical (unpaired) electrons. The van der Waals surface area contributed by atoms with Gasteiger partial charge in [-0.2, -0.15) is 11.8 Å². The molecule has 104 valence electrons. The smallest absolute Gasteiger partial charge is 0.123 e. The number of halogens is 1. The van der Waals surface area contributed by atoms with Gasteiger partial charge in [0.2, 0.25) is 0 Å². The zero-order chi connectivity index (χ0) is 13.1. The summed E-state index contributed by atoms with van der Waals surface area (Å²) in [4.78, 5) is 0. The summed E-state index contributed by atoms with van der Waals surface area (Å²) in [5, 5.41) is 4.51. The van der Waals surface area contributed by atoms with Crippen LogP contribution in [0.1, 0.15) is 43.6 Å². The van der Waals surface area contributed by atoms with Crippen molar-refractivity contribution < 1.29 is 4.39 Å². The van der Waals surface area contributed by atoms with Gasteiger partial charge >= 0.3 is 0 Å². The van der Waals surface area contributed by atoms with E-state index in [2.05, 4.69) is 23.1 Å². The fraction of sp³-hybridized carbons (Fsp3) is 0.625. The number of nitrogens with one attached hydrogen (secondary N) is 1. The van der Waals surface area contributed by atoms with Gasteiger partial charge in [-0.25, -0.2) is 4.39 Å². The van der Waals surface area contributed by atoms with Gasteiger partial charge in [-0.15, -0.1) is 0 Å². The Morgan fingerprint density at radius 1 is 1.26 bits per heavy atom. The average molecular weight is 279 g/mol. The fourth-order valence-electron chi connectivity index (χ4n) is 3.08. The number of rotatable bonds is 4. The first-order valence-corrected chi connectivity index (χ1v) is 8.46. The topological polar surface area (TPSA) is 12.0 Å². The van der Waals surface area contributed by atoms with Gasteiger partial charge < -0.3 is 5.32 Å². The maximum absolute atomic E-state index is 13.2. The molecular weight excluding hydrogens is 257 g/mol. The lowest BCUT2D eigenvalue weighted by atomic mass is 9.76. The third kappa shape index (κ3) is 3.51. The molecule has 2 aliphatic rings. The van der Waals surface area contributed by atoms with Crippen LogP contribution in [0.5, 0.6) is 0 Å². The molecule has 3 heteroatoms. The summed E-state index contributed by atoms with van der Waals surface area (Å²) in [6.45, 7) is 1.16. The van der Waals surface area contributed by atoms with Gasteiger partial charge in [0.05, 0.1) is 0 Å². The molecule has 19 heavy (non-hydrogen) atoms. The molecule has 1 unspecified atom stereocenters. The van der Waals surface area contributed by atoms with Crippen molar-refractivity contribution in [2.75, 3.05) is 12.3 Å². The molecule has 1 N–H and O–H groups in total. The van der Waals surface area contributed by atoms with Crippen LogP contribution >= 0.6 is 11.8 Å². The van der Waals surface area contributed by atoms with Crippen LogP contribution in [0.2, 0.25) is 0 Å². The summed E-state index contributed by atoms with van der Waals surface area (Å²) in [6.07, 6.45) is 6.50. The Morgan fingerprint density at radius 3 is 2.89 bits per heavy atom. The van der Waals surface area contributed by atoms with Crippen LogP contribution in [0, 0.1) is 5.82 Å². The molecule has 1 atom stereocenters. The minimum absolute atomic E-state index is 0.104. The molecule has 3 rings (SSSR count). The lowest BCUT2D eigenvalue weighted by Crippen LogP contribution is -2.43. The van der Waals surface area contributed by atoms with E-state index in [1.165, 1.54) is 49.5 Å². The van der Waals surface area contributed by atoms with Crippen LogP contribution in [-0.2, 0) is 0 Å². The van der Waals surface area contributed by atoms with Crippen LogP contribution in [0.15, 0.2) is 24.3 Å². The first kappa shape index (κ1) is 13.4. The molecule has 1 saturated carbocycles. The van der Waals surface area contributed by atoms with E-state index in [4.69, 9.17) is 0 Å². The van der Waals surface area contributed by atoms with Crippen molar-refractivity contribution in [3.8, 4) is 0 Å². The molecule has 1 aliphatic carbocycles. The van der Waals surface area contributed by atoms with Crippen LogP contribution < -0.4 is 5.32 Å². The normalized spacial score (nSPS) is 30.9. The Morgan fingerprint density at radius 2 is 2.16 bits per heavy atom. The van der Waals surface area contributed by atoms with Crippen molar-refractivity contribution in [3.05, 3.63) is 35.6 Å². The molecular formula is C16H22FNS. The lowest BCUT2D eigenvalue weighted by Gasteiger charge is -2.37. The van der Waals surface area contributed by atoms with Crippen LogP contribution in [0.25, 0.3) is 0 Å². The highest BCUT2D eigenvalue weighted by Gasteiger charge is 2.30. The van der Waals surface area contributed by atoms with E-state index in [0.29, 0.717) is 12.0 Å². The SMILES string of the molecule is Fc1cccc(C2CC(NCC3CCCCS3)C2)c1. The van der Waals surface area contributed by atoms with Crippen LogP contribution in [0.4, 0.5) is 4.39 Å². The number of thioether (sulfide) groups is 1. The molecule has 1 aromatic rings. The molecule has 1 saturated heterocycles. The molecule has 1 aromatic carbocycles. The minimum atomic E-state index is -0.104. The van der Waals surface area contributed by atoms with Gasteiger partial charge in [0.15, 0.2) is 0 Å². The van der Waals surface area contributed by atoms with Gasteiger partial charge in [-0.05, 0) is 55.1 Å². The summed E-state index contributed by atoms with van der Waals surface area (Å²) < 4.78 is 13.2. The predicted molar refractivity (Wildman–Crippen MR) is 80.3 cm³/mol. The predicted octanol–water partition coefficient (Wildman–Crippen LogP) is 3.95. The third-order valence-corrected chi connectivity index (χ3v) is 5.76. The maximum Gasteiger partial charge on any atom is 0.123 e. The molecule has 0 bridgehead atoms. The number of hydrogen-bond acceptors (Lipinski definition) is 2. The monoisotopic (exact) mass is 279 g/mol. The highest BCUT2D eigenvalue weighted by atomic mass is 32.2. The van der Waals surface area contributed by atoms with Crippen molar-refractivity contribution in [1.82, 2.24) is 5.32 Å². The second-order valence-corrected chi connectivity index (χ2v) is 7.23. The van der Waals surface area contributed by atoms with Crippen molar-refractivity contribution >= 4 is 11.8 Å². The van der Waals surface area contributed by atoms with E-state index in [9.17, 15) is 4.39 Å². The molecule has 0 aromatic heterocycles. The second kappa shape index (κ2) is 6.27. The first-order valence-electron chi connectivity index (χ1n) is 7.42. The van der Waals surface area contributed by atoms with Gasteiger partial charge in [0.1, 0.15) is 5.82 Å². The summed E-state index contributed by atoms with van der Waals surface area (Å²) in [5.41, 5.74) is 1.17. The van der Waals surface area contributed by atoms with E-state index >= 15 is 0 Å². The Bertz CT molecular complexity index is 411. The Hall–Kier alpha value is -0.540. The first-order chi connectivity index (χ1) is 9.31. The Kier molecular flexibility index (Phi) is 4.44. The van der Waals surface area contributed by atoms with Gasteiger partial charge in [-0.1, -0.05) is 18.6 Å².